The summed E-state index contributed by atoms with van der Waals surface area (Å²) in [5, 5.41) is 2.75. The normalized spacial score (nSPS) is 29.7. The topological polar surface area (TPSA) is 32.3 Å². The quantitative estimate of drug-likeness (QED) is 0.346. The van der Waals surface area contributed by atoms with Crippen molar-refractivity contribution >= 4 is 12.0 Å². The van der Waals surface area contributed by atoms with Crippen molar-refractivity contribution in [2.45, 2.75) is 82.2 Å². The standard InChI is InChI=1S/C33H36F6N2O/c1-21-20-41(13-12-31(21)11-8-24-4-2-3-5-28(24)31)27-9-10-30(18-27,17-22-6-7-22)29(42)40-19-23-14-25(32(34,35)36)16-26(15-23)33(37,38)39/h2-5,8,11,14-16,21-22,27H,6-7,9-10,12-13,17-20H2,1H3,(H,40,42)/t21-,27?,30?,31-/m0/s1. The molecule has 2 saturated carbocycles. The summed E-state index contributed by atoms with van der Waals surface area (Å²) in [5.74, 6) is 0.586. The highest BCUT2D eigenvalue weighted by Gasteiger charge is 2.51. The van der Waals surface area contributed by atoms with Crippen molar-refractivity contribution in [2.24, 2.45) is 17.3 Å². The Labute approximate surface area is 242 Å². The molecule has 2 aromatic carbocycles. The van der Waals surface area contributed by atoms with Crippen molar-refractivity contribution in [1.29, 1.82) is 0 Å². The summed E-state index contributed by atoms with van der Waals surface area (Å²) in [6, 6.07) is 10.3. The summed E-state index contributed by atoms with van der Waals surface area (Å²) in [6.07, 6.45) is 0.752. The Bertz CT molecular complexity index is 1350. The first-order valence-corrected chi connectivity index (χ1v) is 14.9. The number of amides is 1. The van der Waals surface area contributed by atoms with Crippen LogP contribution in [0.5, 0.6) is 0 Å². The van der Waals surface area contributed by atoms with Crippen LogP contribution in [0.1, 0.15) is 79.7 Å². The van der Waals surface area contributed by atoms with Crippen LogP contribution in [-0.4, -0.2) is 29.9 Å². The monoisotopic (exact) mass is 590 g/mol. The molecule has 1 N–H and O–H groups in total. The second-order valence-electron chi connectivity index (χ2n) is 13.0. The van der Waals surface area contributed by atoms with Crippen LogP contribution in [0.4, 0.5) is 26.3 Å². The van der Waals surface area contributed by atoms with E-state index >= 15 is 0 Å². The van der Waals surface area contributed by atoms with E-state index < -0.39 is 28.9 Å². The van der Waals surface area contributed by atoms with E-state index in [2.05, 4.69) is 53.6 Å². The lowest BCUT2D eigenvalue weighted by atomic mass is 9.67. The summed E-state index contributed by atoms with van der Waals surface area (Å²) in [7, 11) is 0. The molecule has 1 heterocycles. The minimum absolute atomic E-state index is 0.0222. The van der Waals surface area contributed by atoms with E-state index in [4.69, 9.17) is 0 Å². The lowest BCUT2D eigenvalue weighted by Gasteiger charge is -2.46. The van der Waals surface area contributed by atoms with Gasteiger partial charge in [-0.25, -0.2) is 0 Å². The van der Waals surface area contributed by atoms with Crippen molar-refractivity contribution < 1.29 is 31.1 Å². The first kappa shape index (κ1) is 29.3. The molecular formula is C33H36F6N2O. The smallest absolute Gasteiger partial charge is 0.352 e. The Morgan fingerprint density at radius 3 is 2.31 bits per heavy atom. The van der Waals surface area contributed by atoms with Crippen LogP contribution in [0.25, 0.3) is 6.08 Å². The maximum atomic E-state index is 13.7. The minimum atomic E-state index is -4.92. The number of piperidine rings is 1. The van der Waals surface area contributed by atoms with Gasteiger partial charge in [0.15, 0.2) is 0 Å². The van der Waals surface area contributed by atoms with Crippen LogP contribution < -0.4 is 5.32 Å². The second kappa shape index (κ2) is 10.4. The minimum Gasteiger partial charge on any atom is -0.352 e. The van der Waals surface area contributed by atoms with Crippen LogP contribution in [0.3, 0.4) is 0 Å². The molecular weight excluding hydrogens is 554 g/mol. The number of fused-ring (bicyclic) bond motifs is 2. The number of likely N-dealkylation sites (tertiary alicyclic amines) is 1. The number of rotatable bonds is 6. The third kappa shape index (κ3) is 5.49. The second-order valence-corrected chi connectivity index (χ2v) is 13.0. The molecule has 1 saturated heterocycles. The van der Waals surface area contributed by atoms with E-state index in [-0.39, 0.29) is 35.5 Å². The number of hydrogen-bond donors (Lipinski definition) is 1. The van der Waals surface area contributed by atoms with E-state index in [0.717, 1.165) is 45.2 Å². The number of allylic oxidation sites excluding steroid dienone is 1. The lowest BCUT2D eigenvalue weighted by Crippen LogP contribution is -2.51. The van der Waals surface area contributed by atoms with Gasteiger partial charge in [0.1, 0.15) is 0 Å². The van der Waals surface area contributed by atoms with Gasteiger partial charge < -0.3 is 5.32 Å². The van der Waals surface area contributed by atoms with Gasteiger partial charge >= 0.3 is 12.4 Å². The van der Waals surface area contributed by atoms with E-state index in [1.165, 1.54) is 11.1 Å². The van der Waals surface area contributed by atoms with Crippen LogP contribution in [-0.2, 0) is 29.1 Å². The summed E-state index contributed by atoms with van der Waals surface area (Å²) < 4.78 is 80.1. The molecule has 6 rings (SSSR count). The largest absolute Gasteiger partial charge is 0.416 e. The first-order chi connectivity index (χ1) is 19.8. The van der Waals surface area contributed by atoms with E-state index in [0.29, 0.717) is 36.8 Å². The van der Waals surface area contributed by atoms with Crippen LogP contribution in [0.15, 0.2) is 48.5 Å². The molecule has 3 fully saturated rings. The predicted molar refractivity (Wildman–Crippen MR) is 148 cm³/mol. The van der Waals surface area contributed by atoms with Crippen molar-refractivity contribution in [3.8, 4) is 0 Å². The third-order valence-corrected chi connectivity index (χ3v) is 10.3. The molecule has 2 unspecified atom stereocenters. The Balaban J connectivity index is 1.15. The van der Waals surface area contributed by atoms with Gasteiger partial charge in [-0.15, -0.1) is 0 Å². The molecule has 0 bridgehead atoms. The molecule has 4 atom stereocenters. The van der Waals surface area contributed by atoms with Crippen LogP contribution in [0.2, 0.25) is 0 Å². The highest BCUT2D eigenvalue weighted by molar-refractivity contribution is 5.83. The van der Waals surface area contributed by atoms with Gasteiger partial charge in [-0.1, -0.05) is 56.2 Å². The van der Waals surface area contributed by atoms with Gasteiger partial charge in [0.25, 0.3) is 0 Å². The zero-order valence-corrected chi connectivity index (χ0v) is 23.6. The molecule has 1 aliphatic heterocycles. The Morgan fingerprint density at radius 1 is 0.976 bits per heavy atom. The Kier molecular flexibility index (Phi) is 7.26. The SMILES string of the molecule is C[C@H]1CN(C2CCC(CC3CC3)(C(=O)NCc3cc(C(F)(F)F)cc(C(F)(F)F)c3)C2)CC[C@@]12C=Cc1ccccc12. The van der Waals surface area contributed by atoms with E-state index in [9.17, 15) is 31.1 Å². The molecule has 9 heteroatoms. The fourth-order valence-corrected chi connectivity index (χ4v) is 7.81. The third-order valence-electron chi connectivity index (χ3n) is 10.3. The summed E-state index contributed by atoms with van der Waals surface area (Å²) in [5.41, 5.74) is -0.913. The first-order valence-electron chi connectivity index (χ1n) is 14.9. The predicted octanol–water partition coefficient (Wildman–Crippen LogP) is 7.99. The maximum absolute atomic E-state index is 13.7. The summed E-state index contributed by atoms with van der Waals surface area (Å²) in [6.45, 7) is 3.74. The average Bonchev–Trinajstić information content (AvgIpc) is 3.52. The zero-order chi connectivity index (χ0) is 29.9. The highest BCUT2D eigenvalue weighted by Crippen LogP contribution is 2.52. The molecule has 42 heavy (non-hydrogen) atoms. The van der Waals surface area contributed by atoms with Crippen molar-refractivity contribution in [3.63, 3.8) is 0 Å². The number of nitrogens with zero attached hydrogens (tertiary/aromatic N) is 1. The van der Waals surface area contributed by atoms with Crippen molar-refractivity contribution in [2.75, 3.05) is 13.1 Å². The molecule has 226 valence electrons. The number of benzene rings is 2. The lowest BCUT2D eigenvalue weighted by molar-refractivity contribution is -0.143. The van der Waals surface area contributed by atoms with Crippen molar-refractivity contribution in [3.05, 3.63) is 76.4 Å². The number of halogens is 6. The number of nitrogens with one attached hydrogen (secondary N) is 1. The highest BCUT2D eigenvalue weighted by atomic mass is 19.4. The fraction of sp³-hybridized carbons (Fsp3) is 0.545. The number of carbonyl (C=O) groups is 1. The Morgan fingerprint density at radius 2 is 1.67 bits per heavy atom. The van der Waals surface area contributed by atoms with E-state index in [1.54, 1.807) is 0 Å². The molecule has 1 spiro atoms. The summed E-state index contributed by atoms with van der Waals surface area (Å²) >= 11 is 0. The molecule has 0 aromatic heterocycles. The van der Waals surface area contributed by atoms with Gasteiger partial charge in [0.2, 0.25) is 5.91 Å². The van der Waals surface area contributed by atoms with E-state index in [1.807, 2.05) is 0 Å². The van der Waals surface area contributed by atoms with Crippen LogP contribution in [0, 0.1) is 17.3 Å². The van der Waals surface area contributed by atoms with Gasteiger partial charge in [-0.3, -0.25) is 9.69 Å². The molecule has 1 amide bonds. The molecule has 2 aromatic rings. The fourth-order valence-electron chi connectivity index (χ4n) is 7.81. The number of carbonyl (C=O) groups excluding carboxylic acids is 1. The average molecular weight is 591 g/mol. The number of alkyl halides is 6. The number of hydrogen-bond acceptors (Lipinski definition) is 2. The molecule has 3 aliphatic carbocycles. The van der Waals surface area contributed by atoms with Gasteiger partial charge in [0.05, 0.1) is 16.5 Å². The Hall–Kier alpha value is -2.81. The van der Waals surface area contributed by atoms with Gasteiger partial charge in [0, 0.05) is 24.5 Å². The molecule has 3 nitrogen and oxygen atoms in total. The molecule has 4 aliphatic rings. The van der Waals surface area contributed by atoms with Crippen molar-refractivity contribution in [1.82, 2.24) is 10.2 Å². The van der Waals surface area contributed by atoms with Gasteiger partial charge in [-0.2, -0.15) is 26.3 Å². The zero-order valence-electron chi connectivity index (χ0n) is 23.6. The van der Waals surface area contributed by atoms with Gasteiger partial charge in [-0.05, 0) is 85.4 Å². The molecule has 0 radical (unpaired) electrons. The van der Waals surface area contributed by atoms with Crippen LogP contribution >= 0.6 is 0 Å². The maximum Gasteiger partial charge on any atom is 0.416 e. The summed E-state index contributed by atoms with van der Waals surface area (Å²) in [4.78, 5) is 16.2.